The Hall–Kier alpha value is -3.43. The van der Waals surface area contributed by atoms with Crippen LogP contribution in [0.2, 0.25) is 0 Å². The van der Waals surface area contributed by atoms with Crippen molar-refractivity contribution >= 4 is 27.5 Å². The molecule has 0 saturated heterocycles. The van der Waals surface area contributed by atoms with Gasteiger partial charge in [-0.15, -0.1) is 4.83 Å². The number of para-hydroxylation sites is 1. The van der Waals surface area contributed by atoms with Crippen molar-refractivity contribution < 1.29 is 18.0 Å². The molecule has 8 nitrogen and oxygen atoms in total. The number of aryl methyl sites for hydroxylation is 1. The van der Waals surface area contributed by atoms with E-state index in [1.807, 2.05) is 41.8 Å². The number of aromatic nitrogens is 1. The van der Waals surface area contributed by atoms with Crippen molar-refractivity contribution in [3.63, 3.8) is 0 Å². The van der Waals surface area contributed by atoms with Crippen LogP contribution >= 0.6 is 0 Å². The molecule has 2 aromatic carbocycles. The van der Waals surface area contributed by atoms with E-state index in [-0.39, 0.29) is 10.8 Å². The van der Waals surface area contributed by atoms with Crippen LogP contribution in [0.3, 0.4) is 0 Å². The Kier molecular flexibility index (Phi) is 6.04. The summed E-state index contributed by atoms with van der Waals surface area (Å²) in [5, 5.41) is 2.56. The lowest BCUT2D eigenvalue weighted by atomic mass is 10.2. The molecule has 0 aliphatic rings. The maximum atomic E-state index is 12.6. The molecule has 156 valence electrons. The topological polar surface area (TPSA) is 109 Å². The molecular weight excluding hydrogens is 404 g/mol. The number of nitrogens with one attached hydrogen (secondary N) is 3. The van der Waals surface area contributed by atoms with Gasteiger partial charge in [0.2, 0.25) is 5.91 Å². The summed E-state index contributed by atoms with van der Waals surface area (Å²) in [6.07, 6.45) is 0. The molecule has 3 rings (SSSR count). The fourth-order valence-electron chi connectivity index (χ4n) is 3.13. The molecule has 9 heteroatoms. The average Bonchev–Trinajstić information content (AvgIpc) is 3.01. The molecule has 0 bridgehead atoms. The Balaban J connectivity index is 1.75. The van der Waals surface area contributed by atoms with Gasteiger partial charge in [-0.2, -0.15) is 0 Å². The molecule has 0 aliphatic carbocycles. The number of carbonyl (C=O) groups is 2. The van der Waals surface area contributed by atoms with Crippen LogP contribution in [0.25, 0.3) is 5.69 Å². The van der Waals surface area contributed by atoms with Gasteiger partial charge in [-0.1, -0.05) is 18.2 Å². The van der Waals surface area contributed by atoms with Gasteiger partial charge in [0.05, 0.1) is 10.5 Å². The van der Waals surface area contributed by atoms with Gasteiger partial charge in [0.15, 0.2) is 0 Å². The summed E-state index contributed by atoms with van der Waals surface area (Å²) in [4.78, 5) is 25.7. The molecule has 0 spiro atoms. The fraction of sp³-hybridized carbons (Fsp3) is 0.143. The molecule has 0 unspecified atom stereocenters. The molecule has 0 saturated carbocycles. The normalized spacial score (nSPS) is 11.2. The molecule has 0 fully saturated rings. The standard InChI is InChI=1S/C21H22N4O4S/c1-14-13-20(15(2)25(14)18-7-5-4-6-8-18)21(27)23-24-30(28,29)19-11-9-17(10-12-19)22-16(3)26/h4-13,24H,1-3H3,(H,22,26)(H,23,27). The summed E-state index contributed by atoms with van der Waals surface area (Å²) < 4.78 is 26.8. The van der Waals surface area contributed by atoms with E-state index in [2.05, 4.69) is 15.6 Å². The molecular formula is C21H22N4O4S. The van der Waals surface area contributed by atoms with Gasteiger partial charge in [-0.25, -0.2) is 8.42 Å². The summed E-state index contributed by atoms with van der Waals surface area (Å²) in [5.41, 5.74) is 5.54. The number of hydrazine groups is 1. The van der Waals surface area contributed by atoms with Crippen molar-refractivity contribution in [2.75, 3.05) is 5.32 Å². The Labute approximate surface area is 174 Å². The highest BCUT2D eigenvalue weighted by Gasteiger charge is 2.20. The second-order valence-electron chi connectivity index (χ2n) is 6.72. The van der Waals surface area contributed by atoms with E-state index in [1.54, 1.807) is 13.0 Å². The average molecular weight is 426 g/mol. The molecule has 3 N–H and O–H groups in total. The Morgan fingerprint density at radius 3 is 2.17 bits per heavy atom. The third kappa shape index (κ3) is 4.58. The fourth-order valence-corrected chi connectivity index (χ4v) is 3.97. The van der Waals surface area contributed by atoms with Gasteiger partial charge in [0, 0.05) is 29.7 Å². The predicted octanol–water partition coefficient (Wildman–Crippen LogP) is 2.68. The van der Waals surface area contributed by atoms with Crippen LogP contribution in [0.4, 0.5) is 5.69 Å². The van der Waals surface area contributed by atoms with Crippen molar-refractivity contribution in [1.82, 2.24) is 14.8 Å². The van der Waals surface area contributed by atoms with Gasteiger partial charge in [-0.05, 0) is 56.3 Å². The molecule has 30 heavy (non-hydrogen) atoms. The Morgan fingerprint density at radius 2 is 1.57 bits per heavy atom. The van der Waals surface area contributed by atoms with Crippen LogP contribution in [0.15, 0.2) is 65.6 Å². The first kappa shape index (κ1) is 21.3. The molecule has 0 radical (unpaired) electrons. The van der Waals surface area contributed by atoms with E-state index >= 15 is 0 Å². The highest BCUT2D eigenvalue weighted by Crippen LogP contribution is 2.20. The number of carbonyl (C=O) groups excluding carboxylic acids is 2. The molecule has 1 heterocycles. The van der Waals surface area contributed by atoms with Crippen LogP contribution < -0.4 is 15.6 Å². The number of hydrogen-bond acceptors (Lipinski definition) is 4. The van der Waals surface area contributed by atoms with E-state index < -0.39 is 15.9 Å². The van der Waals surface area contributed by atoms with Crippen LogP contribution in [-0.4, -0.2) is 24.8 Å². The van der Waals surface area contributed by atoms with Crippen molar-refractivity contribution in [3.8, 4) is 5.69 Å². The second kappa shape index (κ2) is 8.52. The van der Waals surface area contributed by atoms with E-state index in [0.29, 0.717) is 16.9 Å². The maximum absolute atomic E-state index is 12.6. The smallest absolute Gasteiger partial charge is 0.268 e. The van der Waals surface area contributed by atoms with Crippen LogP contribution in [0.5, 0.6) is 0 Å². The van der Waals surface area contributed by atoms with E-state index in [9.17, 15) is 18.0 Å². The minimum Gasteiger partial charge on any atom is -0.326 e. The number of benzene rings is 2. The van der Waals surface area contributed by atoms with Gasteiger partial charge in [-0.3, -0.25) is 15.0 Å². The minimum absolute atomic E-state index is 0.0494. The lowest BCUT2D eigenvalue weighted by Gasteiger charge is -2.11. The Bertz CT molecular complexity index is 1180. The lowest BCUT2D eigenvalue weighted by molar-refractivity contribution is -0.114. The maximum Gasteiger partial charge on any atom is 0.268 e. The largest absolute Gasteiger partial charge is 0.326 e. The number of rotatable bonds is 6. The highest BCUT2D eigenvalue weighted by atomic mass is 32.2. The van der Waals surface area contributed by atoms with Gasteiger partial charge < -0.3 is 9.88 Å². The van der Waals surface area contributed by atoms with E-state index in [1.165, 1.54) is 31.2 Å². The molecule has 2 amide bonds. The number of hydrogen-bond donors (Lipinski definition) is 3. The number of sulfonamides is 1. The van der Waals surface area contributed by atoms with Crippen molar-refractivity contribution in [2.45, 2.75) is 25.7 Å². The van der Waals surface area contributed by atoms with Crippen molar-refractivity contribution in [2.24, 2.45) is 0 Å². The Morgan fingerprint density at radius 1 is 0.933 bits per heavy atom. The monoisotopic (exact) mass is 426 g/mol. The zero-order valence-electron chi connectivity index (χ0n) is 16.8. The number of anilines is 1. The minimum atomic E-state index is -3.98. The first-order valence-corrected chi connectivity index (χ1v) is 10.6. The summed E-state index contributed by atoms with van der Waals surface area (Å²) in [6, 6.07) is 16.9. The quantitative estimate of drug-likeness (QED) is 0.527. The molecule has 3 aromatic rings. The summed E-state index contributed by atoms with van der Waals surface area (Å²) in [6.45, 7) is 5.03. The van der Waals surface area contributed by atoms with E-state index in [0.717, 1.165) is 11.4 Å². The highest BCUT2D eigenvalue weighted by molar-refractivity contribution is 7.89. The van der Waals surface area contributed by atoms with Crippen LogP contribution in [0.1, 0.15) is 28.7 Å². The van der Waals surface area contributed by atoms with E-state index in [4.69, 9.17) is 0 Å². The first-order valence-electron chi connectivity index (χ1n) is 9.13. The zero-order chi connectivity index (χ0) is 21.9. The first-order chi connectivity index (χ1) is 14.2. The van der Waals surface area contributed by atoms with Crippen molar-refractivity contribution in [3.05, 3.63) is 77.6 Å². The van der Waals surface area contributed by atoms with Gasteiger partial charge in [0.25, 0.3) is 15.9 Å². The zero-order valence-corrected chi connectivity index (χ0v) is 17.6. The lowest BCUT2D eigenvalue weighted by Crippen LogP contribution is -2.41. The second-order valence-corrected chi connectivity index (χ2v) is 8.40. The third-order valence-corrected chi connectivity index (χ3v) is 5.74. The number of amides is 2. The predicted molar refractivity (Wildman–Crippen MR) is 114 cm³/mol. The summed E-state index contributed by atoms with van der Waals surface area (Å²) in [7, 11) is -3.98. The molecule has 0 aliphatic heterocycles. The summed E-state index contributed by atoms with van der Waals surface area (Å²) >= 11 is 0. The van der Waals surface area contributed by atoms with Gasteiger partial charge >= 0.3 is 0 Å². The molecule has 1 aromatic heterocycles. The SMILES string of the molecule is CC(=O)Nc1ccc(S(=O)(=O)NNC(=O)c2cc(C)n(-c3ccccc3)c2C)cc1. The third-order valence-electron chi connectivity index (χ3n) is 4.47. The molecule has 0 atom stereocenters. The number of nitrogens with zero attached hydrogens (tertiary/aromatic N) is 1. The van der Waals surface area contributed by atoms with Gasteiger partial charge in [0.1, 0.15) is 0 Å². The van der Waals surface area contributed by atoms with Crippen LogP contribution in [-0.2, 0) is 14.8 Å². The van der Waals surface area contributed by atoms with Crippen LogP contribution in [0, 0.1) is 13.8 Å². The summed E-state index contributed by atoms with van der Waals surface area (Å²) in [5.74, 6) is -0.826. The van der Waals surface area contributed by atoms with Crippen molar-refractivity contribution in [1.29, 1.82) is 0 Å².